The summed E-state index contributed by atoms with van der Waals surface area (Å²) in [4.78, 5) is 13.4. The highest BCUT2D eigenvalue weighted by atomic mass is 32.2. The second-order valence-electron chi connectivity index (χ2n) is 5.20. The maximum atomic E-state index is 11.7. The fourth-order valence-corrected chi connectivity index (χ4v) is 3.95. The molecule has 2 heterocycles. The molecule has 1 aromatic rings. The van der Waals surface area contributed by atoms with Gasteiger partial charge in [-0.15, -0.1) is 0 Å². The molecular weight excluding hydrogens is 274 g/mol. The van der Waals surface area contributed by atoms with E-state index in [2.05, 4.69) is 10.6 Å². The van der Waals surface area contributed by atoms with Crippen molar-refractivity contribution in [3.63, 3.8) is 0 Å². The molecule has 5 nitrogen and oxygen atoms in total. The molecule has 0 bridgehead atoms. The number of amides is 2. The lowest BCUT2D eigenvalue weighted by Gasteiger charge is -2.24. The number of nitrogens with zero attached hydrogens (tertiary/aromatic N) is 1. The van der Waals surface area contributed by atoms with Crippen LogP contribution < -0.4 is 15.5 Å². The largest absolute Gasteiger partial charge is 0.382 e. The van der Waals surface area contributed by atoms with Crippen molar-refractivity contribution >= 4 is 28.2 Å². The topological polar surface area (TPSA) is 61.4 Å². The van der Waals surface area contributed by atoms with Crippen LogP contribution in [0.2, 0.25) is 0 Å². The van der Waals surface area contributed by atoms with Crippen LogP contribution in [0.4, 0.5) is 16.2 Å². The number of nitrogens with one attached hydrogen (secondary N) is 2. The molecular formula is C14H19N3O2S. The molecule has 0 aliphatic carbocycles. The molecule has 2 fully saturated rings. The third kappa shape index (κ3) is 2.95. The van der Waals surface area contributed by atoms with E-state index < -0.39 is 10.8 Å². The van der Waals surface area contributed by atoms with Crippen LogP contribution in [0.25, 0.3) is 0 Å². The van der Waals surface area contributed by atoms with Gasteiger partial charge in [0.2, 0.25) is 0 Å². The average Bonchev–Trinajstić information content (AvgIpc) is 2.88. The Bertz CT molecular complexity index is 525. The van der Waals surface area contributed by atoms with Gasteiger partial charge in [-0.25, -0.2) is 4.79 Å². The summed E-state index contributed by atoms with van der Waals surface area (Å²) in [5.74, 6) is 1.57. The first-order valence-electron chi connectivity index (χ1n) is 6.99. The van der Waals surface area contributed by atoms with Crippen molar-refractivity contribution in [3.05, 3.63) is 24.3 Å². The van der Waals surface area contributed by atoms with Crippen molar-refractivity contribution in [2.45, 2.75) is 18.9 Å². The number of anilines is 2. The predicted molar refractivity (Wildman–Crippen MR) is 81.7 cm³/mol. The van der Waals surface area contributed by atoms with Gasteiger partial charge in [0.1, 0.15) is 0 Å². The van der Waals surface area contributed by atoms with Crippen molar-refractivity contribution in [2.75, 3.05) is 34.8 Å². The van der Waals surface area contributed by atoms with E-state index in [4.69, 9.17) is 0 Å². The van der Waals surface area contributed by atoms with Crippen LogP contribution in [-0.2, 0) is 10.8 Å². The quantitative estimate of drug-likeness (QED) is 0.888. The first kappa shape index (κ1) is 13.4. The van der Waals surface area contributed by atoms with Crippen LogP contribution in [0.1, 0.15) is 12.8 Å². The number of carbonyl (C=O) groups is 1. The van der Waals surface area contributed by atoms with Gasteiger partial charge in [0, 0.05) is 52.8 Å². The molecule has 0 radical (unpaired) electrons. The number of hydrogen-bond acceptors (Lipinski definition) is 3. The Morgan fingerprint density at radius 1 is 1.30 bits per heavy atom. The first-order valence-corrected chi connectivity index (χ1v) is 8.48. The second kappa shape index (κ2) is 5.83. The Hall–Kier alpha value is -1.56. The Morgan fingerprint density at radius 2 is 2.10 bits per heavy atom. The Morgan fingerprint density at radius 3 is 2.80 bits per heavy atom. The van der Waals surface area contributed by atoms with Crippen LogP contribution in [0.15, 0.2) is 24.3 Å². The number of hydrogen-bond donors (Lipinski definition) is 2. The van der Waals surface area contributed by atoms with Crippen molar-refractivity contribution in [3.8, 4) is 0 Å². The van der Waals surface area contributed by atoms with E-state index in [1.54, 1.807) is 4.90 Å². The zero-order valence-electron chi connectivity index (χ0n) is 11.3. The molecule has 2 aliphatic heterocycles. The smallest absolute Gasteiger partial charge is 0.321 e. The summed E-state index contributed by atoms with van der Waals surface area (Å²) in [6.45, 7) is 1.41. The highest BCUT2D eigenvalue weighted by molar-refractivity contribution is 7.85. The van der Waals surface area contributed by atoms with Crippen molar-refractivity contribution in [1.29, 1.82) is 0 Å². The van der Waals surface area contributed by atoms with E-state index >= 15 is 0 Å². The normalized spacial score (nSPS) is 26.4. The number of benzene rings is 1. The minimum Gasteiger partial charge on any atom is -0.382 e. The van der Waals surface area contributed by atoms with Gasteiger partial charge in [0.15, 0.2) is 0 Å². The molecule has 6 heteroatoms. The molecule has 0 aromatic heterocycles. The molecule has 0 saturated carbocycles. The van der Waals surface area contributed by atoms with E-state index in [0.717, 1.165) is 35.7 Å². The molecule has 20 heavy (non-hydrogen) atoms. The number of rotatable bonds is 3. The lowest BCUT2D eigenvalue weighted by molar-refractivity contribution is 0.252. The summed E-state index contributed by atoms with van der Waals surface area (Å²) in [5.41, 5.74) is 1.95. The number of urea groups is 1. The summed E-state index contributed by atoms with van der Waals surface area (Å²) in [7, 11) is -0.631. The standard InChI is InChI=1S/C14H19N3O2S/c18-14-15-6-7-17(14)13-3-1-2-12(10-13)16-11-4-8-20(19)9-5-11/h1-3,10-11,16H,4-9H2,(H,15,18). The monoisotopic (exact) mass is 293 g/mol. The van der Waals surface area contributed by atoms with Gasteiger partial charge in [0.05, 0.1) is 0 Å². The molecule has 3 rings (SSSR count). The summed E-state index contributed by atoms with van der Waals surface area (Å²) >= 11 is 0. The molecule has 0 atom stereocenters. The minimum atomic E-state index is -0.631. The molecule has 108 valence electrons. The van der Waals surface area contributed by atoms with E-state index in [9.17, 15) is 9.00 Å². The summed E-state index contributed by atoms with van der Waals surface area (Å²) in [6, 6.07) is 8.29. The van der Waals surface area contributed by atoms with E-state index in [0.29, 0.717) is 19.1 Å². The van der Waals surface area contributed by atoms with Crippen molar-refractivity contribution in [2.24, 2.45) is 0 Å². The summed E-state index contributed by atoms with van der Waals surface area (Å²) in [5, 5.41) is 6.29. The van der Waals surface area contributed by atoms with Crippen LogP contribution in [0, 0.1) is 0 Å². The molecule has 2 aliphatic rings. The van der Waals surface area contributed by atoms with Crippen molar-refractivity contribution in [1.82, 2.24) is 5.32 Å². The second-order valence-corrected chi connectivity index (χ2v) is 6.90. The molecule has 2 N–H and O–H groups in total. The lowest BCUT2D eigenvalue weighted by atomic mass is 10.1. The van der Waals surface area contributed by atoms with Gasteiger partial charge >= 0.3 is 6.03 Å². The maximum absolute atomic E-state index is 11.7. The fraction of sp³-hybridized carbons (Fsp3) is 0.500. The lowest BCUT2D eigenvalue weighted by Crippen LogP contribution is -2.30. The number of carbonyl (C=O) groups excluding carboxylic acids is 1. The third-order valence-electron chi connectivity index (χ3n) is 3.77. The average molecular weight is 293 g/mol. The highest BCUT2D eigenvalue weighted by Crippen LogP contribution is 2.23. The highest BCUT2D eigenvalue weighted by Gasteiger charge is 2.22. The van der Waals surface area contributed by atoms with Gasteiger partial charge in [-0.1, -0.05) is 6.07 Å². The predicted octanol–water partition coefficient (Wildman–Crippen LogP) is 1.54. The van der Waals surface area contributed by atoms with Gasteiger partial charge in [-0.05, 0) is 31.0 Å². The van der Waals surface area contributed by atoms with Crippen LogP contribution in [-0.4, -0.2) is 40.9 Å². The van der Waals surface area contributed by atoms with Gasteiger partial charge in [-0.3, -0.25) is 9.11 Å². The van der Waals surface area contributed by atoms with E-state index in [1.165, 1.54) is 0 Å². The van der Waals surface area contributed by atoms with Crippen LogP contribution in [0.5, 0.6) is 0 Å². The SMILES string of the molecule is O=C1NCCN1c1cccc(NC2CCS(=O)CC2)c1. The first-order chi connectivity index (χ1) is 9.72. The third-order valence-corrected chi connectivity index (χ3v) is 5.16. The van der Waals surface area contributed by atoms with Crippen LogP contribution in [0.3, 0.4) is 0 Å². The maximum Gasteiger partial charge on any atom is 0.321 e. The molecule has 0 spiro atoms. The van der Waals surface area contributed by atoms with E-state index in [-0.39, 0.29) is 6.03 Å². The van der Waals surface area contributed by atoms with Crippen molar-refractivity contribution < 1.29 is 9.00 Å². The molecule has 2 saturated heterocycles. The Kier molecular flexibility index (Phi) is 3.91. The van der Waals surface area contributed by atoms with Gasteiger partial charge in [0.25, 0.3) is 0 Å². The van der Waals surface area contributed by atoms with Gasteiger partial charge in [-0.2, -0.15) is 0 Å². The fourth-order valence-electron chi connectivity index (χ4n) is 2.66. The molecule has 2 amide bonds. The zero-order valence-corrected chi connectivity index (χ0v) is 12.1. The van der Waals surface area contributed by atoms with Crippen LogP contribution >= 0.6 is 0 Å². The summed E-state index contributed by atoms with van der Waals surface area (Å²) < 4.78 is 11.4. The van der Waals surface area contributed by atoms with E-state index in [1.807, 2.05) is 24.3 Å². The Labute approximate surface area is 121 Å². The molecule has 1 aromatic carbocycles. The molecule has 0 unspecified atom stereocenters. The minimum absolute atomic E-state index is 0.0322. The van der Waals surface area contributed by atoms with Gasteiger partial charge < -0.3 is 10.6 Å². The summed E-state index contributed by atoms with van der Waals surface area (Å²) in [6.07, 6.45) is 1.89. The zero-order chi connectivity index (χ0) is 13.9. The Balaban J connectivity index is 1.68.